The summed E-state index contributed by atoms with van der Waals surface area (Å²) < 4.78 is 5.60. The number of rotatable bonds is 7. The zero-order chi connectivity index (χ0) is 17.3. The first kappa shape index (κ1) is 17.5. The largest absolute Gasteiger partial charge is 0.492 e. The Morgan fingerprint density at radius 1 is 1.00 bits per heavy atom. The van der Waals surface area contributed by atoms with Crippen molar-refractivity contribution in [2.24, 2.45) is 5.92 Å². The average molecular weight is 338 g/mol. The number of ether oxygens (including phenoxy) is 1. The van der Waals surface area contributed by atoms with Crippen LogP contribution in [0.1, 0.15) is 18.4 Å². The molecule has 0 radical (unpaired) electrons. The molecule has 132 valence electrons. The highest BCUT2D eigenvalue weighted by atomic mass is 16.5. The molecule has 1 aliphatic heterocycles. The van der Waals surface area contributed by atoms with Crippen LogP contribution in [0.2, 0.25) is 0 Å². The van der Waals surface area contributed by atoms with Gasteiger partial charge in [-0.2, -0.15) is 0 Å². The summed E-state index contributed by atoms with van der Waals surface area (Å²) in [5.41, 5.74) is 1.34. The van der Waals surface area contributed by atoms with Crippen molar-refractivity contribution in [2.75, 3.05) is 26.2 Å². The monoisotopic (exact) mass is 338 g/mol. The Morgan fingerprint density at radius 2 is 1.64 bits per heavy atom. The second kappa shape index (κ2) is 9.23. The van der Waals surface area contributed by atoms with Crippen LogP contribution in [-0.4, -0.2) is 37.0 Å². The summed E-state index contributed by atoms with van der Waals surface area (Å²) in [5.74, 6) is 1.13. The summed E-state index contributed by atoms with van der Waals surface area (Å²) >= 11 is 0. The highest BCUT2D eigenvalue weighted by molar-refractivity contribution is 5.78. The average Bonchev–Trinajstić information content (AvgIpc) is 2.67. The summed E-state index contributed by atoms with van der Waals surface area (Å²) in [6.07, 6.45) is 1.86. The Balaban J connectivity index is 1.33. The maximum atomic E-state index is 12.3. The molecule has 1 aliphatic rings. The van der Waals surface area contributed by atoms with Crippen LogP contribution in [0.3, 0.4) is 0 Å². The van der Waals surface area contributed by atoms with Gasteiger partial charge in [-0.15, -0.1) is 0 Å². The number of hydrogen-bond acceptors (Lipinski definition) is 3. The lowest BCUT2D eigenvalue weighted by Crippen LogP contribution is -2.41. The topological polar surface area (TPSA) is 41.6 Å². The van der Waals surface area contributed by atoms with Crippen LogP contribution in [0.4, 0.5) is 0 Å². The number of likely N-dealkylation sites (tertiary alicyclic amines) is 1. The van der Waals surface area contributed by atoms with Gasteiger partial charge < -0.3 is 10.1 Å². The van der Waals surface area contributed by atoms with Gasteiger partial charge in [0, 0.05) is 12.5 Å². The lowest BCUT2D eigenvalue weighted by Gasteiger charge is -2.31. The fourth-order valence-corrected chi connectivity index (χ4v) is 3.20. The fourth-order valence-electron chi connectivity index (χ4n) is 3.20. The minimum Gasteiger partial charge on any atom is -0.492 e. The van der Waals surface area contributed by atoms with E-state index in [1.54, 1.807) is 0 Å². The van der Waals surface area contributed by atoms with Gasteiger partial charge in [0.1, 0.15) is 12.4 Å². The SMILES string of the molecule is O=C(NCCOc1ccccc1)C1CCN(Cc2ccccc2)CC1. The van der Waals surface area contributed by atoms with Crippen LogP contribution < -0.4 is 10.1 Å². The van der Waals surface area contributed by atoms with E-state index in [4.69, 9.17) is 4.74 Å². The minimum absolute atomic E-state index is 0.128. The molecule has 4 nitrogen and oxygen atoms in total. The van der Waals surface area contributed by atoms with E-state index in [9.17, 15) is 4.79 Å². The maximum absolute atomic E-state index is 12.3. The third kappa shape index (κ3) is 5.61. The number of nitrogens with zero attached hydrogens (tertiary/aromatic N) is 1. The highest BCUT2D eigenvalue weighted by Crippen LogP contribution is 2.19. The van der Waals surface area contributed by atoms with E-state index in [0.717, 1.165) is 38.2 Å². The molecule has 3 rings (SSSR count). The Hall–Kier alpha value is -2.33. The number of amides is 1. The summed E-state index contributed by atoms with van der Waals surface area (Å²) in [5, 5.41) is 3.00. The standard InChI is InChI=1S/C21H26N2O2/c24-21(22-13-16-25-20-9-5-2-6-10-20)19-11-14-23(15-12-19)17-18-7-3-1-4-8-18/h1-10,19H,11-17H2,(H,22,24). The van der Waals surface area contributed by atoms with Gasteiger partial charge in [0.05, 0.1) is 6.54 Å². The first-order valence-electron chi connectivity index (χ1n) is 9.03. The third-order valence-corrected chi connectivity index (χ3v) is 4.62. The zero-order valence-corrected chi connectivity index (χ0v) is 14.6. The van der Waals surface area contributed by atoms with Crippen LogP contribution in [-0.2, 0) is 11.3 Å². The normalized spacial score (nSPS) is 15.7. The van der Waals surface area contributed by atoms with E-state index in [0.29, 0.717) is 13.2 Å². The van der Waals surface area contributed by atoms with E-state index >= 15 is 0 Å². The molecule has 0 unspecified atom stereocenters. The Morgan fingerprint density at radius 3 is 2.32 bits per heavy atom. The molecule has 2 aromatic rings. The lowest BCUT2D eigenvalue weighted by atomic mass is 9.95. The first-order valence-corrected chi connectivity index (χ1v) is 9.03. The second-order valence-corrected chi connectivity index (χ2v) is 6.49. The van der Waals surface area contributed by atoms with Crippen molar-refractivity contribution in [1.82, 2.24) is 10.2 Å². The molecule has 0 bridgehead atoms. The number of piperidine rings is 1. The molecule has 1 heterocycles. The molecular formula is C21H26N2O2. The zero-order valence-electron chi connectivity index (χ0n) is 14.6. The van der Waals surface area contributed by atoms with Gasteiger partial charge >= 0.3 is 0 Å². The van der Waals surface area contributed by atoms with E-state index in [-0.39, 0.29) is 11.8 Å². The molecule has 1 fully saturated rings. The molecule has 0 spiro atoms. The number of carbonyl (C=O) groups is 1. The van der Waals surface area contributed by atoms with E-state index < -0.39 is 0 Å². The smallest absolute Gasteiger partial charge is 0.223 e. The van der Waals surface area contributed by atoms with Crippen molar-refractivity contribution >= 4 is 5.91 Å². The van der Waals surface area contributed by atoms with Crippen molar-refractivity contribution in [2.45, 2.75) is 19.4 Å². The number of nitrogens with one attached hydrogen (secondary N) is 1. The fraction of sp³-hybridized carbons (Fsp3) is 0.381. The van der Waals surface area contributed by atoms with E-state index in [1.165, 1.54) is 5.56 Å². The molecule has 0 aromatic heterocycles. The highest BCUT2D eigenvalue weighted by Gasteiger charge is 2.24. The number of hydrogen-bond donors (Lipinski definition) is 1. The van der Waals surface area contributed by atoms with E-state index in [2.05, 4.69) is 34.5 Å². The molecule has 1 amide bonds. The van der Waals surface area contributed by atoms with Crippen LogP contribution in [0.15, 0.2) is 60.7 Å². The van der Waals surface area contributed by atoms with Crippen LogP contribution in [0.25, 0.3) is 0 Å². The van der Waals surface area contributed by atoms with Crippen LogP contribution in [0, 0.1) is 5.92 Å². The van der Waals surface area contributed by atoms with Gasteiger partial charge in [0.25, 0.3) is 0 Å². The van der Waals surface area contributed by atoms with Gasteiger partial charge in [-0.05, 0) is 43.6 Å². The molecule has 2 aromatic carbocycles. The van der Waals surface area contributed by atoms with Gasteiger partial charge in [-0.3, -0.25) is 9.69 Å². The van der Waals surface area contributed by atoms with Crippen molar-refractivity contribution in [3.8, 4) is 5.75 Å². The van der Waals surface area contributed by atoms with Crippen LogP contribution in [0.5, 0.6) is 5.75 Å². The summed E-state index contributed by atoms with van der Waals surface area (Å²) in [6.45, 7) is 3.99. The first-order chi connectivity index (χ1) is 12.3. The molecule has 4 heteroatoms. The summed E-state index contributed by atoms with van der Waals surface area (Å²) in [7, 11) is 0. The Bertz CT molecular complexity index is 637. The van der Waals surface area contributed by atoms with Crippen molar-refractivity contribution in [1.29, 1.82) is 0 Å². The van der Waals surface area contributed by atoms with Crippen molar-refractivity contribution in [3.63, 3.8) is 0 Å². The molecule has 1 saturated heterocycles. The molecule has 0 atom stereocenters. The maximum Gasteiger partial charge on any atom is 0.223 e. The minimum atomic E-state index is 0.128. The molecule has 1 N–H and O–H groups in total. The molecule has 0 aliphatic carbocycles. The summed E-state index contributed by atoms with van der Waals surface area (Å²) in [4.78, 5) is 14.7. The van der Waals surface area contributed by atoms with Gasteiger partial charge in [-0.1, -0.05) is 48.5 Å². The second-order valence-electron chi connectivity index (χ2n) is 6.49. The predicted octanol–water partition coefficient (Wildman–Crippen LogP) is 3.09. The van der Waals surface area contributed by atoms with Crippen molar-refractivity contribution in [3.05, 3.63) is 66.2 Å². The van der Waals surface area contributed by atoms with Gasteiger partial charge in [0.2, 0.25) is 5.91 Å². The van der Waals surface area contributed by atoms with Gasteiger partial charge in [0.15, 0.2) is 0 Å². The predicted molar refractivity (Wildman–Crippen MR) is 99.4 cm³/mol. The Kier molecular flexibility index (Phi) is 6.46. The molecule has 25 heavy (non-hydrogen) atoms. The lowest BCUT2D eigenvalue weighted by molar-refractivity contribution is -0.126. The molecule has 0 saturated carbocycles. The Labute approximate surface area is 149 Å². The van der Waals surface area contributed by atoms with Gasteiger partial charge in [-0.25, -0.2) is 0 Å². The number of benzene rings is 2. The van der Waals surface area contributed by atoms with Crippen LogP contribution >= 0.6 is 0 Å². The van der Waals surface area contributed by atoms with Crippen molar-refractivity contribution < 1.29 is 9.53 Å². The number of para-hydroxylation sites is 1. The quantitative estimate of drug-likeness (QED) is 0.789. The number of carbonyl (C=O) groups excluding carboxylic acids is 1. The summed E-state index contributed by atoms with van der Waals surface area (Å²) in [6, 6.07) is 20.2. The molecular weight excluding hydrogens is 312 g/mol. The third-order valence-electron chi connectivity index (χ3n) is 4.62. The van der Waals surface area contributed by atoms with E-state index in [1.807, 2.05) is 36.4 Å².